The molecule has 1 heterocycles. The number of carbonyl (C=O) groups is 1. The maximum Gasteiger partial charge on any atom is 0.277 e. The van der Waals surface area contributed by atoms with Gasteiger partial charge in [0.2, 0.25) is 11.8 Å². The summed E-state index contributed by atoms with van der Waals surface area (Å²) in [5.41, 5.74) is 5.27. The fourth-order valence-electron chi connectivity index (χ4n) is 2.95. The second-order valence-corrected chi connectivity index (χ2v) is 8.61. The molecule has 0 aliphatic heterocycles. The molecule has 29 heavy (non-hydrogen) atoms. The highest BCUT2D eigenvalue weighted by atomic mass is 32.2. The summed E-state index contributed by atoms with van der Waals surface area (Å²) in [6.07, 6.45) is 1.01. The van der Waals surface area contributed by atoms with Gasteiger partial charge in [-0.3, -0.25) is 4.79 Å². The van der Waals surface area contributed by atoms with E-state index in [1.165, 1.54) is 22.9 Å². The second-order valence-electron chi connectivity index (χ2n) is 7.32. The molecule has 3 rings (SSSR count). The second kappa shape index (κ2) is 9.27. The highest BCUT2D eigenvalue weighted by Crippen LogP contribution is 2.30. The van der Waals surface area contributed by atoms with Crippen LogP contribution < -0.4 is 5.32 Å². The van der Waals surface area contributed by atoms with Crippen LogP contribution in [0.2, 0.25) is 0 Å². The van der Waals surface area contributed by atoms with Crippen LogP contribution in [-0.4, -0.2) is 21.4 Å². The van der Waals surface area contributed by atoms with Crippen LogP contribution in [-0.2, 0) is 4.79 Å². The molecule has 152 valence electrons. The van der Waals surface area contributed by atoms with E-state index in [0.717, 1.165) is 23.2 Å². The van der Waals surface area contributed by atoms with E-state index in [9.17, 15) is 4.79 Å². The number of nitrogens with zero attached hydrogens (tertiary/aromatic N) is 2. The van der Waals surface area contributed by atoms with Crippen molar-refractivity contribution >= 4 is 23.4 Å². The van der Waals surface area contributed by atoms with Gasteiger partial charge in [0.05, 0.1) is 5.25 Å². The number of para-hydroxylation sites is 1. The fourth-order valence-corrected chi connectivity index (χ4v) is 3.63. The Labute approximate surface area is 176 Å². The molecule has 2 aromatic carbocycles. The highest BCUT2D eigenvalue weighted by Gasteiger charge is 2.20. The first-order chi connectivity index (χ1) is 13.9. The van der Waals surface area contributed by atoms with Crippen LogP contribution in [0, 0.1) is 13.8 Å². The van der Waals surface area contributed by atoms with Crippen molar-refractivity contribution in [3.8, 4) is 11.5 Å². The number of carbonyl (C=O) groups excluding carboxylic acids is 1. The van der Waals surface area contributed by atoms with Gasteiger partial charge in [-0.2, -0.15) is 0 Å². The molecule has 1 amide bonds. The molecule has 6 heteroatoms. The lowest BCUT2D eigenvalue weighted by Crippen LogP contribution is -2.23. The van der Waals surface area contributed by atoms with E-state index in [4.69, 9.17) is 4.42 Å². The molecule has 2 atom stereocenters. The molecular formula is C23H27N3O2S. The van der Waals surface area contributed by atoms with E-state index in [1.807, 2.05) is 43.3 Å². The summed E-state index contributed by atoms with van der Waals surface area (Å²) in [6.45, 7) is 10.3. The predicted molar refractivity (Wildman–Crippen MR) is 118 cm³/mol. The van der Waals surface area contributed by atoms with Gasteiger partial charge in [0.1, 0.15) is 0 Å². The first kappa shape index (κ1) is 21.1. The number of hydrogen-bond donors (Lipinski definition) is 1. The summed E-state index contributed by atoms with van der Waals surface area (Å²) < 4.78 is 5.78. The molecule has 3 aromatic rings. The molecule has 0 saturated heterocycles. The SMILES string of the molecule is CC[C@H](C)c1ccccc1NC(=O)[C@@H](C)Sc1nnc(-c2ccc(C)c(C)c2)o1. The summed E-state index contributed by atoms with van der Waals surface area (Å²) in [5.74, 6) is 0.757. The van der Waals surface area contributed by atoms with Crippen LogP contribution >= 0.6 is 11.8 Å². The summed E-state index contributed by atoms with van der Waals surface area (Å²) in [4.78, 5) is 12.7. The van der Waals surface area contributed by atoms with E-state index in [2.05, 4.69) is 49.3 Å². The molecule has 0 spiro atoms. The summed E-state index contributed by atoms with van der Waals surface area (Å²) in [6, 6.07) is 14.0. The van der Waals surface area contributed by atoms with Gasteiger partial charge < -0.3 is 9.73 Å². The standard InChI is InChI=1S/C23H27N3O2S/c1-6-14(2)19-9-7-8-10-20(19)24-21(27)17(5)29-23-26-25-22(28-23)18-12-11-15(3)16(4)13-18/h7-14,17H,6H2,1-5H3,(H,24,27)/t14-,17+/m0/s1. The minimum absolute atomic E-state index is 0.0864. The summed E-state index contributed by atoms with van der Waals surface area (Å²) >= 11 is 1.26. The van der Waals surface area contributed by atoms with Gasteiger partial charge >= 0.3 is 0 Å². The average molecular weight is 410 g/mol. The number of benzene rings is 2. The third-order valence-corrected chi connectivity index (χ3v) is 6.10. The van der Waals surface area contributed by atoms with E-state index < -0.39 is 0 Å². The molecular weight excluding hydrogens is 382 g/mol. The number of hydrogen-bond acceptors (Lipinski definition) is 5. The summed E-state index contributed by atoms with van der Waals surface area (Å²) in [5, 5.41) is 11.3. The van der Waals surface area contributed by atoms with Gasteiger partial charge in [-0.15, -0.1) is 10.2 Å². The molecule has 1 aromatic heterocycles. The molecule has 0 unspecified atom stereocenters. The van der Waals surface area contributed by atoms with E-state index in [-0.39, 0.29) is 11.2 Å². The van der Waals surface area contributed by atoms with Gasteiger partial charge in [-0.1, -0.05) is 49.9 Å². The molecule has 0 aliphatic rings. The van der Waals surface area contributed by atoms with Crippen LogP contribution in [0.25, 0.3) is 11.5 Å². The molecule has 5 nitrogen and oxygen atoms in total. The van der Waals surface area contributed by atoms with Crippen molar-refractivity contribution in [2.75, 3.05) is 5.32 Å². The highest BCUT2D eigenvalue weighted by molar-refractivity contribution is 8.00. The molecule has 0 fully saturated rings. The van der Waals surface area contributed by atoms with Crippen molar-refractivity contribution in [3.05, 3.63) is 59.2 Å². The zero-order chi connectivity index (χ0) is 21.0. The Morgan fingerprint density at radius 1 is 1.10 bits per heavy atom. The molecule has 0 bridgehead atoms. The first-order valence-electron chi connectivity index (χ1n) is 9.86. The number of amides is 1. The van der Waals surface area contributed by atoms with Crippen molar-refractivity contribution in [1.82, 2.24) is 10.2 Å². The Hall–Kier alpha value is -2.60. The van der Waals surface area contributed by atoms with Gasteiger partial charge in [-0.25, -0.2) is 0 Å². The van der Waals surface area contributed by atoms with Crippen molar-refractivity contribution in [3.63, 3.8) is 0 Å². The lowest BCUT2D eigenvalue weighted by Gasteiger charge is -2.17. The molecule has 0 saturated carbocycles. The van der Waals surface area contributed by atoms with Crippen LogP contribution in [0.5, 0.6) is 0 Å². The van der Waals surface area contributed by atoms with E-state index >= 15 is 0 Å². The van der Waals surface area contributed by atoms with Crippen LogP contribution in [0.1, 0.15) is 49.8 Å². The number of aryl methyl sites for hydroxylation is 2. The Morgan fingerprint density at radius 3 is 2.59 bits per heavy atom. The van der Waals surface area contributed by atoms with E-state index in [0.29, 0.717) is 17.0 Å². The first-order valence-corrected chi connectivity index (χ1v) is 10.7. The summed E-state index contributed by atoms with van der Waals surface area (Å²) in [7, 11) is 0. The van der Waals surface area contributed by atoms with Crippen molar-refractivity contribution < 1.29 is 9.21 Å². The Kier molecular flexibility index (Phi) is 6.75. The van der Waals surface area contributed by atoms with E-state index in [1.54, 1.807) is 0 Å². The Morgan fingerprint density at radius 2 is 1.86 bits per heavy atom. The Bertz CT molecular complexity index is 999. The van der Waals surface area contributed by atoms with Crippen LogP contribution in [0.3, 0.4) is 0 Å². The number of rotatable bonds is 7. The number of anilines is 1. The maximum atomic E-state index is 12.7. The zero-order valence-electron chi connectivity index (χ0n) is 17.5. The van der Waals surface area contributed by atoms with Gasteiger partial charge in [-0.05, 0) is 68.0 Å². The lowest BCUT2D eigenvalue weighted by atomic mass is 9.97. The monoisotopic (exact) mass is 409 g/mol. The topological polar surface area (TPSA) is 68.0 Å². The van der Waals surface area contributed by atoms with Gasteiger partial charge in [0.15, 0.2) is 0 Å². The maximum absolute atomic E-state index is 12.7. The largest absolute Gasteiger partial charge is 0.411 e. The number of thioether (sulfide) groups is 1. The van der Waals surface area contributed by atoms with Crippen molar-refractivity contribution in [2.45, 2.75) is 57.4 Å². The normalized spacial score (nSPS) is 13.1. The Balaban J connectivity index is 1.68. The quantitative estimate of drug-likeness (QED) is 0.486. The van der Waals surface area contributed by atoms with Crippen LogP contribution in [0.4, 0.5) is 5.69 Å². The van der Waals surface area contributed by atoms with Gasteiger partial charge in [0.25, 0.3) is 5.22 Å². The predicted octanol–water partition coefficient (Wildman–Crippen LogP) is 5.99. The smallest absolute Gasteiger partial charge is 0.277 e. The fraction of sp³-hybridized carbons (Fsp3) is 0.348. The van der Waals surface area contributed by atoms with Crippen molar-refractivity contribution in [2.24, 2.45) is 0 Å². The molecule has 1 N–H and O–H groups in total. The van der Waals surface area contributed by atoms with Gasteiger partial charge in [0, 0.05) is 11.3 Å². The van der Waals surface area contributed by atoms with Crippen LogP contribution in [0.15, 0.2) is 52.1 Å². The van der Waals surface area contributed by atoms with Crippen molar-refractivity contribution in [1.29, 1.82) is 0 Å². The molecule has 0 aliphatic carbocycles. The minimum atomic E-state index is -0.368. The number of aromatic nitrogens is 2. The lowest BCUT2D eigenvalue weighted by molar-refractivity contribution is -0.115. The average Bonchev–Trinajstić information content (AvgIpc) is 3.18. The third-order valence-electron chi connectivity index (χ3n) is 5.17. The minimum Gasteiger partial charge on any atom is -0.411 e. The zero-order valence-corrected chi connectivity index (χ0v) is 18.3. The molecule has 0 radical (unpaired) electrons. The number of nitrogens with one attached hydrogen (secondary N) is 1. The third kappa shape index (κ3) is 5.07.